The molecule has 10 aromatic rings. The number of aliphatic hydroxyl groups is 3. The SMILES string of the molecule is CC[C@H]1O[C@@H](OCC(OCc2ccccc2)C(OCc2ccccc2)C(COCc2ccc3ccccc3c2)OCc2ccccc2)[C@@H](OC(=O)N(C)C)C1O.CN(C)C(=O)O[C@H]1C(O)[C@@H](CO)O[C@H]1OCC(OCc1ccccc1)C(OCc1ccccc1)C(COCc1ccc2ccccc2c1)OCc1ccccc1. The van der Waals surface area contributed by atoms with Crippen LogP contribution in [0.25, 0.3) is 21.5 Å². The van der Waals surface area contributed by atoms with Gasteiger partial charge < -0.3 is 91.4 Å². The van der Waals surface area contributed by atoms with Crippen LogP contribution in [0.4, 0.5) is 9.59 Å². The molecular formula is C91H104N2O19. The number of hydrogen-bond donors (Lipinski definition) is 3. The fourth-order valence-electron chi connectivity index (χ4n) is 13.0. The van der Waals surface area contributed by atoms with Crippen LogP contribution in [0.5, 0.6) is 0 Å². The molecule has 0 saturated carbocycles. The predicted molar refractivity (Wildman–Crippen MR) is 424 cm³/mol. The van der Waals surface area contributed by atoms with Gasteiger partial charge in [0.2, 0.25) is 0 Å². The van der Waals surface area contributed by atoms with E-state index in [4.69, 9.17) is 66.3 Å². The normalized spacial score (nSPS) is 19.7. The number of hydrogen-bond acceptors (Lipinski definition) is 19. The third-order valence-electron chi connectivity index (χ3n) is 19.2. The number of ether oxygens (including phenoxy) is 14. The van der Waals surface area contributed by atoms with E-state index in [9.17, 15) is 24.9 Å². The van der Waals surface area contributed by atoms with Crippen molar-refractivity contribution in [2.45, 2.75) is 152 Å². The Morgan fingerprint density at radius 1 is 0.348 bits per heavy atom. The van der Waals surface area contributed by atoms with Crippen molar-refractivity contribution in [2.75, 3.05) is 61.2 Å². The molecule has 0 aliphatic carbocycles. The van der Waals surface area contributed by atoms with E-state index >= 15 is 0 Å². The molecule has 592 valence electrons. The first-order chi connectivity index (χ1) is 54.7. The summed E-state index contributed by atoms with van der Waals surface area (Å²) in [5.74, 6) is 0. The molecule has 0 aromatic heterocycles. The van der Waals surface area contributed by atoms with E-state index in [0.29, 0.717) is 26.2 Å². The molecule has 112 heavy (non-hydrogen) atoms. The zero-order chi connectivity index (χ0) is 78.2. The minimum atomic E-state index is -1.33. The summed E-state index contributed by atoms with van der Waals surface area (Å²) in [7, 11) is 6.22. The minimum absolute atomic E-state index is 0.0357. The van der Waals surface area contributed by atoms with E-state index in [-0.39, 0.29) is 59.5 Å². The van der Waals surface area contributed by atoms with E-state index in [0.717, 1.165) is 66.1 Å². The highest BCUT2D eigenvalue weighted by atomic mass is 16.7. The maximum Gasteiger partial charge on any atom is 0.409 e. The van der Waals surface area contributed by atoms with Crippen molar-refractivity contribution in [2.24, 2.45) is 0 Å². The molecule has 21 nitrogen and oxygen atoms in total. The summed E-state index contributed by atoms with van der Waals surface area (Å²) in [5.41, 5.74) is 7.83. The topological polar surface area (TPSA) is 231 Å². The Kier molecular flexibility index (Phi) is 33.0. The second-order valence-corrected chi connectivity index (χ2v) is 28.1. The Bertz CT molecular complexity index is 4070. The summed E-state index contributed by atoms with van der Waals surface area (Å²) in [6, 6.07) is 88.2. The number of nitrogens with zero attached hydrogens (tertiary/aromatic N) is 2. The van der Waals surface area contributed by atoms with Gasteiger partial charge in [-0.3, -0.25) is 0 Å². The Morgan fingerprint density at radius 2 is 0.634 bits per heavy atom. The van der Waals surface area contributed by atoms with Crippen molar-refractivity contribution in [3.8, 4) is 0 Å². The fourth-order valence-corrected chi connectivity index (χ4v) is 13.0. The van der Waals surface area contributed by atoms with Crippen molar-refractivity contribution in [3.63, 3.8) is 0 Å². The third kappa shape index (κ3) is 25.3. The van der Waals surface area contributed by atoms with Gasteiger partial charge >= 0.3 is 12.2 Å². The standard InChI is InChI=1S/C46H53NO9.C45H51NO10/c1-4-39-42(48)44(56-46(49)47(2)3)45(55-39)54-32-41(52-29-34-18-10-6-11-19-34)43(53-30-35-20-12-7-13-21-35)40(51-28-33-16-8-5-9-17-33)31-50-27-36-24-25-37-22-14-15-23-38(37)26-36;1-46(2)45(49)56-43-41(48)38(25-47)55-44(43)54-31-40(52-28-33-16-8-4-9-17-33)42(53-29-34-18-10-5-11-19-34)39(51-27-32-14-6-3-7-15-32)30-50-26-35-22-23-36-20-12-13-21-37(36)24-35/h5-26,39-45,48H,4,27-32H2,1-3H3;3-24,38-44,47-48H,25-31H2,1-2H3/t39-,40?,41?,42?,43?,44+,45-;38-,39?,40?,41?,42?,43+,44-/m11/s1. The number of aliphatic hydroxyl groups excluding tert-OH is 3. The van der Waals surface area contributed by atoms with Gasteiger partial charge in [-0.15, -0.1) is 0 Å². The molecule has 8 unspecified atom stereocenters. The Hall–Kier alpha value is -9.34. The average Bonchev–Trinajstić information content (AvgIpc) is 1.61. The molecule has 2 aliphatic heterocycles. The van der Waals surface area contributed by atoms with Crippen LogP contribution in [-0.4, -0.2) is 184 Å². The van der Waals surface area contributed by atoms with Gasteiger partial charge in [0.05, 0.1) is 92.0 Å². The van der Waals surface area contributed by atoms with Gasteiger partial charge in [0.1, 0.15) is 54.9 Å². The summed E-state index contributed by atoms with van der Waals surface area (Å²) >= 11 is 0. The number of benzene rings is 10. The lowest BCUT2D eigenvalue weighted by molar-refractivity contribution is -0.218. The number of carbonyl (C=O) groups excluding carboxylic acids is 2. The lowest BCUT2D eigenvalue weighted by Gasteiger charge is -2.34. The van der Waals surface area contributed by atoms with Crippen LogP contribution >= 0.6 is 0 Å². The monoisotopic (exact) mass is 1530 g/mol. The molecule has 2 saturated heterocycles. The van der Waals surface area contributed by atoms with Crippen molar-refractivity contribution in [3.05, 3.63) is 311 Å². The molecule has 2 amide bonds. The van der Waals surface area contributed by atoms with Crippen LogP contribution in [-0.2, 0) is 119 Å². The van der Waals surface area contributed by atoms with Crippen molar-refractivity contribution < 1.29 is 91.2 Å². The molecule has 0 spiro atoms. The average molecular weight is 1530 g/mol. The van der Waals surface area contributed by atoms with Gasteiger partial charge in [-0.1, -0.05) is 262 Å². The van der Waals surface area contributed by atoms with E-state index in [2.05, 4.69) is 60.7 Å². The van der Waals surface area contributed by atoms with Gasteiger partial charge in [0.15, 0.2) is 24.8 Å². The van der Waals surface area contributed by atoms with Crippen LogP contribution in [0.3, 0.4) is 0 Å². The number of carbonyl (C=O) groups is 2. The van der Waals surface area contributed by atoms with Gasteiger partial charge in [-0.25, -0.2) is 9.59 Å². The zero-order valence-corrected chi connectivity index (χ0v) is 64.2. The largest absolute Gasteiger partial charge is 0.438 e. The summed E-state index contributed by atoms with van der Waals surface area (Å²) in [5, 5.41) is 36.6. The molecule has 2 aliphatic rings. The molecule has 0 radical (unpaired) electrons. The van der Waals surface area contributed by atoms with Gasteiger partial charge in [-0.2, -0.15) is 0 Å². The first-order valence-electron chi connectivity index (χ1n) is 38.1. The summed E-state index contributed by atoms with van der Waals surface area (Å²) in [4.78, 5) is 27.8. The number of rotatable bonds is 40. The van der Waals surface area contributed by atoms with E-state index in [1.165, 1.54) is 23.9 Å². The lowest BCUT2D eigenvalue weighted by atomic mass is 10.1. The molecule has 0 bridgehead atoms. The van der Waals surface area contributed by atoms with Gasteiger partial charge in [-0.05, 0) is 84.6 Å². The highest BCUT2D eigenvalue weighted by Gasteiger charge is 2.49. The highest BCUT2D eigenvalue weighted by Crippen LogP contribution is 2.32. The maximum absolute atomic E-state index is 12.7. The lowest BCUT2D eigenvalue weighted by Crippen LogP contribution is -2.48. The molecule has 14 atom stereocenters. The van der Waals surface area contributed by atoms with Crippen molar-refractivity contribution >= 4 is 33.7 Å². The molecule has 3 N–H and O–H groups in total. The second kappa shape index (κ2) is 44.2. The van der Waals surface area contributed by atoms with Gasteiger partial charge in [0, 0.05) is 28.2 Å². The van der Waals surface area contributed by atoms with E-state index in [1.54, 1.807) is 14.1 Å². The second-order valence-electron chi connectivity index (χ2n) is 28.1. The Labute approximate surface area is 656 Å². The Balaban J connectivity index is 0.000000221. The van der Waals surface area contributed by atoms with Crippen LogP contribution in [0, 0.1) is 0 Å². The number of fused-ring (bicyclic) bond motifs is 2. The summed E-state index contributed by atoms with van der Waals surface area (Å²) in [6.07, 6.45) is -13.6. The molecule has 12 rings (SSSR count). The van der Waals surface area contributed by atoms with Crippen molar-refractivity contribution in [1.82, 2.24) is 9.80 Å². The molecule has 21 heteroatoms. The fraction of sp³-hybridized carbons (Fsp3) is 0.363. The van der Waals surface area contributed by atoms with Crippen LogP contribution in [0.1, 0.15) is 57.9 Å². The molecule has 10 aromatic carbocycles. The smallest absolute Gasteiger partial charge is 0.409 e. The predicted octanol–water partition coefficient (Wildman–Crippen LogP) is 14.0. The molecule has 2 fully saturated rings. The minimum Gasteiger partial charge on any atom is -0.438 e. The summed E-state index contributed by atoms with van der Waals surface area (Å²) in [6.45, 7) is 3.84. The third-order valence-corrected chi connectivity index (χ3v) is 19.2. The number of amides is 2. The quantitative estimate of drug-likeness (QED) is 0.0324. The first kappa shape index (κ1) is 83.6. The van der Waals surface area contributed by atoms with Crippen LogP contribution in [0.15, 0.2) is 267 Å². The molecular weight excluding hydrogens is 1420 g/mol. The van der Waals surface area contributed by atoms with Gasteiger partial charge in [0.25, 0.3) is 0 Å². The zero-order valence-electron chi connectivity index (χ0n) is 64.2. The van der Waals surface area contributed by atoms with E-state index in [1.807, 2.05) is 213 Å². The maximum atomic E-state index is 12.7. The Morgan fingerprint density at radius 3 is 0.946 bits per heavy atom. The van der Waals surface area contributed by atoms with Crippen LogP contribution < -0.4 is 0 Å². The van der Waals surface area contributed by atoms with E-state index < -0.39 is 105 Å². The first-order valence-corrected chi connectivity index (χ1v) is 38.1. The molecule has 2 heterocycles. The van der Waals surface area contributed by atoms with Crippen molar-refractivity contribution in [1.29, 1.82) is 0 Å². The highest BCUT2D eigenvalue weighted by molar-refractivity contribution is 5.83. The van der Waals surface area contributed by atoms with Crippen LogP contribution in [0.2, 0.25) is 0 Å². The summed E-state index contributed by atoms with van der Waals surface area (Å²) < 4.78 is 89.2.